The molecule has 2 rings (SSSR count). The second-order valence-electron chi connectivity index (χ2n) is 4.04. The Kier molecular flexibility index (Phi) is 4.29. The van der Waals surface area contributed by atoms with Crippen LogP contribution in [0, 0.1) is 0 Å². The molecule has 0 saturated heterocycles. The molecule has 108 valence electrons. The van der Waals surface area contributed by atoms with Gasteiger partial charge in [0.25, 0.3) is 0 Å². The number of aryl methyl sites for hydroxylation is 1. The number of halogens is 2. The predicted octanol–water partition coefficient (Wildman–Crippen LogP) is 3.51. The summed E-state index contributed by atoms with van der Waals surface area (Å²) in [5.41, 5.74) is 1.26. The van der Waals surface area contributed by atoms with Crippen LogP contribution in [-0.2, 0) is 11.8 Å². The molecule has 0 unspecified atom stereocenters. The van der Waals surface area contributed by atoms with Crippen molar-refractivity contribution in [1.29, 1.82) is 0 Å². The van der Waals surface area contributed by atoms with Crippen molar-refractivity contribution in [2.75, 3.05) is 21.3 Å². The fraction of sp³-hybridized carbons (Fsp3) is 0.308. The molecule has 1 aromatic heterocycles. The van der Waals surface area contributed by atoms with Crippen molar-refractivity contribution >= 4 is 48.7 Å². The molecule has 0 aliphatic rings. The largest absolute Gasteiger partial charge is 0.492 e. The molecule has 5 nitrogen and oxygen atoms in total. The van der Waals surface area contributed by atoms with Gasteiger partial charge in [0.2, 0.25) is 0 Å². The van der Waals surface area contributed by atoms with Crippen molar-refractivity contribution in [3.63, 3.8) is 0 Å². The Morgan fingerprint density at radius 2 is 1.65 bits per heavy atom. The third-order valence-corrected chi connectivity index (χ3v) is 4.61. The van der Waals surface area contributed by atoms with Gasteiger partial charge in [-0.2, -0.15) is 0 Å². The van der Waals surface area contributed by atoms with E-state index in [1.807, 2.05) is 0 Å². The normalized spacial score (nSPS) is 10.7. The third kappa shape index (κ3) is 2.09. The summed E-state index contributed by atoms with van der Waals surface area (Å²) in [6.45, 7) is 0. The number of hydrogen-bond donors (Lipinski definition) is 0. The van der Waals surface area contributed by atoms with Crippen molar-refractivity contribution in [2.24, 2.45) is 7.05 Å². The Morgan fingerprint density at radius 3 is 2.15 bits per heavy atom. The first-order valence-corrected chi connectivity index (χ1v) is 7.23. The fourth-order valence-corrected chi connectivity index (χ4v) is 3.60. The molecule has 0 N–H and O–H groups in total. The van der Waals surface area contributed by atoms with Crippen molar-refractivity contribution < 1.29 is 19.0 Å². The first kappa shape index (κ1) is 15.2. The van der Waals surface area contributed by atoms with Gasteiger partial charge >= 0.3 is 5.97 Å². The molecule has 2 aromatic rings. The lowest BCUT2D eigenvalue weighted by atomic mass is 10.2. The average Bonchev–Trinajstić information content (AvgIpc) is 2.79. The summed E-state index contributed by atoms with van der Waals surface area (Å²) < 4.78 is 18.7. The van der Waals surface area contributed by atoms with Crippen LogP contribution >= 0.6 is 31.9 Å². The molecule has 7 heteroatoms. The second kappa shape index (κ2) is 5.65. The molecule has 0 fully saturated rings. The first-order valence-electron chi connectivity index (χ1n) is 5.64. The van der Waals surface area contributed by atoms with Crippen molar-refractivity contribution in [3.05, 3.63) is 20.7 Å². The summed E-state index contributed by atoms with van der Waals surface area (Å²) in [5.74, 6) is 0.721. The maximum atomic E-state index is 11.8. The molecule has 0 radical (unpaired) electrons. The molecule has 0 atom stereocenters. The molecule has 0 amide bonds. The van der Waals surface area contributed by atoms with Crippen LogP contribution in [0.3, 0.4) is 0 Å². The summed E-state index contributed by atoms with van der Waals surface area (Å²) in [6.07, 6.45) is 0. The van der Waals surface area contributed by atoms with Gasteiger partial charge in [0.1, 0.15) is 5.69 Å². The summed E-state index contributed by atoms with van der Waals surface area (Å²) in [5, 5.41) is 0.831. The molecule has 20 heavy (non-hydrogen) atoms. The number of esters is 1. The minimum absolute atomic E-state index is 0.402. The smallest absolute Gasteiger partial charge is 0.354 e. The Labute approximate surface area is 133 Å². The monoisotopic (exact) mass is 405 g/mol. The van der Waals surface area contributed by atoms with E-state index >= 15 is 0 Å². The summed E-state index contributed by atoms with van der Waals surface area (Å²) in [6, 6.07) is 1.75. The minimum Gasteiger partial charge on any atom is -0.492 e. The van der Waals surface area contributed by atoms with Gasteiger partial charge in [-0.25, -0.2) is 4.79 Å². The van der Waals surface area contributed by atoms with Gasteiger partial charge in [0.05, 0.1) is 35.8 Å². The molecule has 1 heterocycles. The van der Waals surface area contributed by atoms with E-state index in [2.05, 4.69) is 31.9 Å². The standard InChI is InChI=1S/C13H13Br2NO4/c1-16-7(13(17)20-4)5-6-8(14)11(18-2)12(19-3)9(15)10(6)16/h5H,1-4H3. The fourth-order valence-electron chi connectivity index (χ4n) is 2.13. The van der Waals surface area contributed by atoms with Gasteiger partial charge in [0.15, 0.2) is 11.5 Å². The molecule has 0 bridgehead atoms. The number of aromatic nitrogens is 1. The number of nitrogens with zero attached hydrogens (tertiary/aromatic N) is 1. The summed E-state index contributed by atoms with van der Waals surface area (Å²) in [7, 11) is 6.26. The van der Waals surface area contributed by atoms with Gasteiger partial charge in [-0.3, -0.25) is 0 Å². The molecule has 0 spiro atoms. The number of hydrogen-bond acceptors (Lipinski definition) is 4. The number of fused-ring (bicyclic) bond motifs is 1. The maximum Gasteiger partial charge on any atom is 0.354 e. The van der Waals surface area contributed by atoms with Crippen molar-refractivity contribution in [2.45, 2.75) is 0 Å². The van der Waals surface area contributed by atoms with E-state index in [4.69, 9.17) is 14.2 Å². The third-order valence-electron chi connectivity index (χ3n) is 3.09. The molecule has 0 aliphatic heterocycles. The highest BCUT2D eigenvalue weighted by Crippen LogP contribution is 2.47. The Hall–Kier alpha value is -1.21. The zero-order valence-electron chi connectivity index (χ0n) is 11.4. The molecule has 0 saturated carbocycles. The van der Waals surface area contributed by atoms with Crippen molar-refractivity contribution in [1.82, 2.24) is 4.57 Å². The van der Waals surface area contributed by atoms with Gasteiger partial charge in [-0.05, 0) is 37.9 Å². The van der Waals surface area contributed by atoms with E-state index in [-0.39, 0.29) is 0 Å². The SMILES string of the molecule is COC(=O)c1cc2c(Br)c(OC)c(OC)c(Br)c2n1C. The minimum atomic E-state index is -0.402. The highest BCUT2D eigenvalue weighted by molar-refractivity contribution is 9.11. The van der Waals surface area contributed by atoms with E-state index in [1.54, 1.807) is 31.9 Å². The number of methoxy groups -OCH3 is 3. The van der Waals surface area contributed by atoms with E-state index < -0.39 is 5.97 Å². The lowest BCUT2D eigenvalue weighted by molar-refractivity contribution is 0.0590. The quantitative estimate of drug-likeness (QED) is 0.732. The van der Waals surface area contributed by atoms with Gasteiger partial charge in [0, 0.05) is 12.4 Å². The number of carbonyl (C=O) groups is 1. The van der Waals surface area contributed by atoms with Crippen LogP contribution in [0.2, 0.25) is 0 Å². The van der Waals surface area contributed by atoms with Crippen LogP contribution in [0.4, 0.5) is 0 Å². The predicted molar refractivity (Wildman–Crippen MR) is 82.8 cm³/mol. The van der Waals surface area contributed by atoms with Crippen LogP contribution in [0.5, 0.6) is 11.5 Å². The van der Waals surface area contributed by atoms with Gasteiger partial charge in [-0.1, -0.05) is 0 Å². The van der Waals surface area contributed by atoms with Crippen molar-refractivity contribution in [3.8, 4) is 11.5 Å². The summed E-state index contributed by atoms with van der Waals surface area (Å²) in [4.78, 5) is 11.8. The van der Waals surface area contributed by atoms with E-state index in [0.717, 1.165) is 15.4 Å². The van der Waals surface area contributed by atoms with E-state index in [0.29, 0.717) is 21.7 Å². The van der Waals surface area contributed by atoms with Crippen LogP contribution < -0.4 is 9.47 Å². The highest BCUT2D eigenvalue weighted by atomic mass is 79.9. The van der Waals surface area contributed by atoms with Gasteiger partial charge in [-0.15, -0.1) is 0 Å². The number of benzene rings is 1. The first-order chi connectivity index (χ1) is 9.47. The average molecular weight is 407 g/mol. The Bertz CT molecular complexity index is 694. The Morgan fingerprint density at radius 1 is 1.10 bits per heavy atom. The lowest BCUT2D eigenvalue weighted by Crippen LogP contribution is -2.07. The molecule has 0 aliphatic carbocycles. The zero-order chi connectivity index (χ0) is 15.0. The van der Waals surface area contributed by atoms with Crippen LogP contribution in [-0.4, -0.2) is 31.9 Å². The van der Waals surface area contributed by atoms with Crippen LogP contribution in [0.1, 0.15) is 10.5 Å². The zero-order valence-corrected chi connectivity index (χ0v) is 14.6. The van der Waals surface area contributed by atoms with E-state index in [1.165, 1.54) is 7.11 Å². The number of ether oxygens (including phenoxy) is 3. The number of rotatable bonds is 3. The molecular weight excluding hydrogens is 394 g/mol. The number of carbonyl (C=O) groups excluding carboxylic acids is 1. The molecular formula is C13H13Br2NO4. The van der Waals surface area contributed by atoms with E-state index in [9.17, 15) is 4.79 Å². The van der Waals surface area contributed by atoms with Crippen LogP contribution in [0.15, 0.2) is 15.0 Å². The highest BCUT2D eigenvalue weighted by Gasteiger charge is 2.24. The maximum absolute atomic E-state index is 11.8. The lowest BCUT2D eigenvalue weighted by Gasteiger charge is -2.14. The van der Waals surface area contributed by atoms with Crippen LogP contribution in [0.25, 0.3) is 10.9 Å². The second-order valence-corrected chi connectivity index (χ2v) is 5.62. The Balaban J connectivity index is 2.92. The topological polar surface area (TPSA) is 49.7 Å². The summed E-state index contributed by atoms with van der Waals surface area (Å²) >= 11 is 7.00. The molecule has 1 aromatic carbocycles. The van der Waals surface area contributed by atoms with Gasteiger partial charge < -0.3 is 18.8 Å².